The van der Waals surface area contributed by atoms with Gasteiger partial charge in [-0.15, -0.1) is 0 Å². The molecule has 0 aromatic heterocycles. The van der Waals surface area contributed by atoms with Gasteiger partial charge >= 0.3 is 0 Å². The summed E-state index contributed by atoms with van der Waals surface area (Å²) in [6, 6.07) is 1.74. The van der Waals surface area contributed by atoms with Crippen molar-refractivity contribution in [3.8, 4) is 6.07 Å². The Morgan fingerprint density at radius 1 is 1.44 bits per heavy atom. The van der Waals surface area contributed by atoms with Gasteiger partial charge in [0.2, 0.25) is 10.0 Å². The van der Waals surface area contributed by atoms with Gasteiger partial charge in [0.05, 0.1) is 18.8 Å². The van der Waals surface area contributed by atoms with Gasteiger partial charge in [-0.2, -0.15) is 5.26 Å². The summed E-state index contributed by atoms with van der Waals surface area (Å²) in [4.78, 5) is 0. The molecule has 1 N–H and O–H groups in total. The van der Waals surface area contributed by atoms with Crippen molar-refractivity contribution in [2.24, 2.45) is 0 Å². The van der Waals surface area contributed by atoms with Gasteiger partial charge in [-0.3, -0.25) is 0 Å². The molecule has 0 rings (SSSR count). The fourth-order valence-corrected chi connectivity index (χ4v) is 2.28. The predicted molar refractivity (Wildman–Crippen MR) is 59.3 cm³/mol. The molecule has 0 spiro atoms. The van der Waals surface area contributed by atoms with E-state index in [1.54, 1.807) is 13.0 Å². The van der Waals surface area contributed by atoms with Gasteiger partial charge < -0.3 is 9.47 Å². The van der Waals surface area contributed by atoms with E-state index in [9.17, 15) is 8.42 Å². The zero-order valence-electron chi connectivity index (χ0n) is 9.76. The largest absolute Gasteiger partial charge is 0.382 e. The van der Waals surface area contributed by atoms with Crippen LogP contribution in [-0.4, -0.2) is 47.1 Å². The molecule has 2 atom stereocenters. The van der Waals surface area contributed by atoms with Crippen molar-refractivity contribution >= 4 is 10.0 Å². The third-order valence-electron chi connectivity index (χ3n) is 2.09. The van der Waals surface area contributed by atoms with E-state index < -0.39 is 15.3 Å². The van der Waals surface area contributed by atoms with Crippen LogP contribution in [-0.2, 0) is 19.5 Å². The summed E-state index contributed by atoms with van der Waals surface area (Å²) in [5.74, 6) is 0. The van der Waals surface area contributed by atoms with Gasteiger partial charge in [0, 0.05) is 20.8 Å². The van der Waals surface area contributed by atoms with E-state index in [0.29, 0.717) is 6.61 Å². The summed E-state index contributed by atoms with van der Waals surface area (Å²) in [6.07, 6.45) is -0.0933. The lowest BCUT2D eigenvalue weighted by atomic mass is 10.4. The molecule has 0 aliphatic carbocycles. The summed E-state index contributed by atoms with van der Waals surface area (Å²) in [5, 5.41) is 7.64. The topological polar surface area (TPSA) is 88.4 Å². The molecule has 6 nitrogen and oxygen atoms in total. The summed E-state index contributed by atoms with van der Waals surface area (Å²) in [5.41, 5.74) is 0. The van der Waals surface area contributed by atoms with Crippen LogP contribution in [0.2, 0.25) is 0 Å². The highest BCUT2D eigenvalue weighted by Gasteiger charge is 2.24. The molecule has 16 heavy (non-hydrogen) atoms. The lowest BCUT2D eigenvalue weighted by molar-refractivity contribution is 0.0320. The molecule has 0 amide bonds. The molecule has 0 saturated carbocycles. The molecule has 0 fully saturated rings. The van der Waals surface area contributed by atoms with Crippen LogP contribution in [0, 0.1) is 11.3 Å². The van der Waals surface area contributed by atoms with Gasteiger partial charge in [0.1, 0.15) is 0 Å². The van der Waals surface area contributed by atoms with Crippen molar-refractivity contribution in [2.45, 2.75) is 24.7 Å². The second-order valence-corrected chi connectivity index (χ2v) is 5.18. The molecule has 0 aromatic rings. The molecule has 0 aliphatic heterocycles. The highest BCUT2D eigenvalue weighted by atomic mass is 32.2. The van der Waals surface area contributed by atoms with Gasteiger partial charge in [-0.1, -0.05) is 6.92 Å². The van der Waals surface area contributed by atoms with E-state index in [1.165, 1.54) is 14.2 Å². The number of nitriles is 1. The smallest absolute Gasteiger partial charge is 0.228 e. The highest BCUT2D eigenvalue weighted by molar-refractivity contribution is 7.90. The summed E-state index contributed by atoms with van der Waals surface area (Å²) < 4.78 is 35.4. The minimum absolute atomic E-state index is 0.102. The predicted octanol–water partition coefficient (Wildman–Crippen LogP) is -0.131. The molecule has 0 saturated heterocycles. The maximum atomic E-state index is 11.6. The molecular formula is C9H18N2O4S. The average Bonchev–Trinajstić information content (AvgIpc) is 2.25. The van der Waals surface area contributed by atoms with Crippen LogP contribution in [0.25, 0.3) is 0 Å². The van der Waals surface area contributed by atoms with Crippen LogP contribution in [0.3, 0.4) is 0 Å². The van der Waals surface area contributed by atoms with Crippen molar-refractivity contribution in [1.82, 2.24) is 4.72 Å². The Bertz CT molecular complexity index is 323. The first-order chi connectivity index (χ1) is 7.51. The van der Waals surface area contributed by atoms with E-state index >= 15 is 0 Å². The Morgan fingerprint density at radius 2 is 2.06 bits per heavy atom. The van der Waals surface area contributed by atoms with Gasteiger partial charge in [0.25, 0.3) is 0 Å². The molecule has 0 radical (unpaired) electrons. The zero-order chi connectivity index (χ0) is 12.6. The first-order valence-corrected chi connectivity index (χ1v) is 6.46. The highest BCUT2D eigenvalue weighted by Crippen LogP contribution is 2.03. The Morgan fingerprint density at radius 3 is 2.44 bits per heavy atom. The van der Waals surface area contributed by atoms with Crippen molar-refractivity contribution < 1.29 is 17.9 Å². The fourth-order valence-electron chi connectivity index (χ4n) is 1.09. The first kappa shape index (κ1) is 15.3. The van der Waals surface area contributed by atoms with Crippen LogP contribution >= 0.6 is 0 Å². The summed E-state index contributed by atoms with van der Waals surface area (Å²) in [7, 11) is -0.616. The van der Waals surface area contributed by atoms with E-state index in [1.807, 2.05) is 0 Å². The second kappa shape index (κ2) is 7.57. The molecule has 2 unspecified atom stereocenters. The van der Waals surface area contributed by atoms with E-state index in [4.69, 9.17) is 14.7 Å². The fraction of sp³-hybridized carbons (Fsp3) is 0.889. The number of sulfonamides is 1. The Labute approximate surface area is 96.6 Å². The normalized spacial score (nSPS) is 15.4. The molecule has 0 aliphatic rings. The third-order valence-corrected chi connectivity index (χ3v) is 3.84. The SMILES string of the molecule is CCC(C#N)S(=O)(=O)NCC(COC)OC. The van der Waals surface area contributed by atoms with Crippen LogP contribution < -0.4 is 4.72 Å². The quantitative estimate of drug-likeness (QED) is 0.648. The zero-order valence-corrected chi connectivity index (χ0v) is 10.6. The molecular weight excluding hydrogens is 232 g/mol. The monoisotopic (exact) mass is 250 g/mol. The number of hydrogen-bond donors (Lipinski definition) is 1. The minimum Gasteiger partial charge on any atom is -0.382 e. The first-order valence-electron chi connectivity index (χ1n) is 4.91. The summed E-state index contributed by atoms with van der Waals surface area (Å²) in [6.45, 7) is 2.04. The third kappa shape index (κ3) is 4.90. The average molecular weight is 250 g/mol. The maximum absolute atomic E-state index is 11.6. The van der Waals surface area contributed by atoms with Crippen LogP contribution in [0.15, 0.2) is 0 Å². The molecule has 0 aromatic carbocycles. The van der Waals surface area contributed by atoms with Crippen molar-refractivity contribution in [3.63, 3.8) is 0 Å². The Hall–Kier alpha value is -0.680. The van der Waals surface area contributed by atoms with Gasteiger partial charge in [-0.25, -0.2) is 13.1 Å². The number of ether oxygens (including phenoxy) is 2. The molecule has 7 heteroatoms. The van der Waals surface area contributed by atoms with Crippen LogP contribution in [0.1, 0.15) is 13.3 Å². The van der Waals surface area contributed by atoms with Crippen LogP contribution in [0.5, 0.6) is 0 Å². The van der Waals surface area contributed by atoms with Crippen LogP contribution in [0.4, 0.5) is 0 Å². The molecule has 94 valence electrons. The number of hydrogen-bond acceptors (Lipinski definition) is 5. The van der Waals surface area contributed by atoms with E-state index in [2.05, 4.69) is 4.72 Å². The lowest BCUT2D eigenvalue weighted by Gasteiger charge is -2.16. The molecule has 0 heterocycles. The second-order valence-electron chi connectivity index (χ2n) is 3.23. The number of methoxy groups -OCH3 is 2. The number of rotatable bonds is 8. The molecule has 0 bridgehead atoms. The Balaban J connectivity index is 4.33. The number of nitrogens with zero attached hydrogens (tertiary/aromatic N) is 1. The summed E-state index contributed by atoms with van der Waals surface area (Å²) >= 11 is 0. The maximum Gasteiger partial charge on any atom is 0.228 e. The minimum atomic E-state index is -3.59. The number of nitrogens with one attached hydrogen (secondary N) is 1. The van der Waals surface area contributed by atoms with Crippen molar-refractivity contribution in [2.75, 3.05) is 27.4 Å². The standard InChI is InChI=1S/C9H18N2O4S/c1-4-9(5-10)16(12,13)11-6-8(15-3)7-14-2/h8-9,11H,4,6-7H2,1-3H3. The van der Waals surface area contributed by atoms with E-state index in [0.717, 1.165) is 0 Å². The van der Waals surface area contributed by atoms with Gasteiger partial charge in [0.15, 0.2) is 5.25 Å². The van der Waals surface area contributed by atoms with E-state index in [-0.39, 0.29) is 19.1 Å². The van der Waals surface area contributed by atoms with Crippen molar-refractivity contribution in [1.29, 1.82) is 5.26 Å². The Kier molecular flexibility index (Phi) is 7.25. The van der Waals surface area contributed by atoms with Crippen molar-refractivity contribution in [3.05, 3.63) is 0 Å². The lowest BCUT2D eigenvalue weighted by Crippen LogP contribution is -2.40. The van der Waals surface area contributed by atoms with Gasteiger partial charge in [-0.05, 0) is 6.42 Å².